The average molecular weight is 260 g/mol. The lowest BCUT2D eigenvalue weighted by Crippen LogP contribution is -2.33. The topological polar surface area (TPSA) is 26.0 Å². The second-order valence-electron chi connectivity index (χ2n) is 4.72. The Morgan fingerprint density at radius 2 is 1.94 bits per heavy atom. The van der Waals surface area contributed by atoms with E-state index in [0.717, 1.165) is 25.7 Å². The second kappa shape index (κ2) is 4.91. The van der Waals surface area contributed by atoms with Gasteiger partial charge in [-0.3, -0.25) is 0 Å². The zero-order valence-corrected chi connectivity index (χ0v) is 10.3. The van der Waals surface area contributed by atoms with E-state index in [-0.39, 0.29) is 11.0 Å². The standard InChI is InChI=1S/C13H16ClF2N/c14-9-3-4-10(12(15)16)11(7-9)13(8-17)5-1-2-6-13/h3-4,7,12H,1-2,5-6,8,17H2. The largest absolute Gasteiger partial charge is 0.330 e. The lowest BCUT2D eigenvalue weighted by molar-refractivity contribution is 0.148. The number of hydrogen-bond donors (Lipinski definition) is 1. The van der Waals surface area contributed by atoms with Crippen molar-refractivity contribution < 1.29 is 8.78 Å². The van der Waals surface area contributed by atoms with Gasteiger partial charge >= 0.3 is 0 Å². The first-order valence-corrected chi connectivity index (χ1v) is 6.25. The predicted molar refractivity (Wildman–Crippen MR) is 65.6 cm³/mol. The predicted octanol–water partition coefficient (Wildman–Crippen LogP) is 4.05. The molecule has 0 amide bonds. The van der Waals surface area contributed by atoms with Crippen LogP contribution in [-0.4, -0.2) is 6.54 Å². The van der Waals surface area contributed by atoms with Crippen molar-refractivity contribution in [2.24, 2.45) is 5.73 Å². The number of benzene rings is 1. The molecule has 2 rings (SSSR count). The molecular formula is C13H16ClF2N. The summed E-state index contributed by atoms with van der Waals surface area (Å²) in [6.45, 7) is 0.410. The van der Waals surface area contributed by atoms with Crippen molar-refractivity contribution in [3.05, 3.63) is 34.3 Å². The number of hydrogen-bond acceptors (Lipinski definition) is 1. The summed E-state index contributed by atoms with van der Waals surface area (Å²) in [4.78, 5) is 0. The summed E-state index contributed by atoms with van der Waals surface area (Å²) >= 11 is 5.93. The maximum atomic E-state index is 13.0. The van der Waals surface area contributed by atoms with E-state index in [1.54, 1.807) is 6.07 Å². The van der Waals surface area contributed by atoms with E-state index >= 15 is 0 Å². The maximum absolute atomic E-state index is 13.0. The minimum absolute atomic E-state index is 0.0850. The number of halogens is 3. The minimum atomic E-state index is -2.47. The van der Waals surface area contributed by atoms with Gasteiger partial charge in [-0.2, -0.15) is 0 Å². The van der Waals surface area contributed by atoms with E-state index in [4.69, 9.17) is 17.3 Å². The van der Waals surface area contributed by atoms with Gasteiger partial charge in [-0.05, 0) is 30.5 Å². The molecule has 1 saturated carbocycles. The van der Waals surface area contributed by atoms with Crippen molar-refractivity contribution in [2.75, 3.05) is 6.54 Å². The molecule has 1 fully saturated rings. The van der Waals surface area contributed by atoms with Gasteiger partial charge in [-0.25, -0.2) is 8.78 Å². The Morgan fingerprint density at radius 3 is 2.47 bits per heavy atom. The second-order valence-corrected chi connectivity index (χ2v) is 5.16. The monoisotopic (exact) mass is 259 g/mol. The quantitative estimate of drug-likeness (QED) is 0.871. The fraction of sp³-hybridized carbons (Fsp3) is 0.538. The molecule has 1 aliphatic rings. The third-order valence-corrected chi connectivity index (χ3v) is 4.01. The lowest BCUT2D eigenvalue weighted by Gasteiger charge is -2.30. The molecule has 94 valence electrons. The first kappa shape index (κ1) is 12.8. The Labute approximate surface area is 105 Å². The Morgan fingerprint density at radius 1 is 1.29 bits per heavy atom. The molecule has 0 atom stereocenters. The molecule has 0 saturated heterocycles. The van der Waals surface area contributed by atoms with E-state index in [2.05, 4.69) is 0 Å². The van der Waals surface area contributed by atoms with Gasteiger partial charge in [0.15, 0.2) is 0 Å². The average Bonchev–Trinajstić information content (AvgIpc) is 2.78. The SMILES string of the molecule is NCC1(c2cc(Cl)ccc2C(F)F)CCCC1. The van der Waals surface area contributed by atoms with Gasteiger partial charge in [0.05, 0.1) is 0 Å². The molecular weight excluding hydrogens is 244 g/mol. The molecule has 2 N–H and O–H groups in total. The van der Waals surface area contributed by atoms with Gasteiger partial charge in [0.1, 0.15) is 0 Å². The molecule has 1 aliphatic carbocycles. The molecule has 1 aromatic carbocycles. The Bertz CT molecular complexity index is 400. The van der Waals surface area contributed by atoms with Crippen LogP contribution >= 0.6 is 11.6 Å². The molecule has 1 aromatic rings. The Hall–Kier alpha value is -0.670. The summed E-state index contributed by atoms with van der Waals surface area (Å²) in [7, 11) is 0. The third-order valence-electron chi connectivity index (χ3n) is 3.77. The van der Waals surface area contributed by atoms with Crippen LogP contribution in [-0.2, 0) is 5.41 Å². The van der Waals surface area contributed by atoms with Gasteiger partial charge in [-0.1, -0.05) is 30.5 Å². The van der Waals surface area contributed by atoms with Gasteiger partial charge in [0.2, 0.25) is 0 Å². The number of rotatable bonds is 3. The van der Waals surface area contributed by atoms with E-state index in [1.807, 2.05) is 0 Å². The van der Waals surface area contributed by atoms with Crippen molar-refractivity contribution in [3.63, 3.8) is 0 Å². The fourth-order valence-electron chi connectivity index (χ4n) is 2.81. The molecule has 17 heavy (non-hydrogen) atoms. The summed E-state index contributed by atoms with van der Waals surface area (Å²) in [5, 5.41) is 0.504. The Kier molecular flexibility index (Phi) is 3.69. The summed E-state index contributed by atoms with van der Waals surface area (Å²) in [6.07, 6.45) is 1.39. The van der Waals surface area contributed by atoms with Crippen molar-refractivity contribution in [2.45, 2.75) is 37.5 Å². The van der Waals surface area contributed by atoms with Gasteiger partial charge in [0.25, 0.3) is 6.43 Å². The van der Waals surface area contributed by atoms with Crippen LogP contribution in [0.25, 0.3) is 0 Å². The molecule has 0 spiro atoms. The molecule has 0 heterocycles. The van der Waals surface area contributed by atoms with Crippen LogP contribution in [0.5, 0.6) is 0 Å². The van der Waals surface area contributed by atoms with Crippen molar-refractivity contribution >= 4 is 11.6 Å². The van der Waals surface area contributed by atoms with Crippen LogP contribution in [0, 0.1) is 0 Å². The van der Waals surface area contributed by atoms with Crippen LogP contribution in [0.3, 0.4) is 0 Å². The van der Waals surface area contributed by atoms with Crippen LogP contribution in [0.15, 0.2) is 18.2 Å². The molecule has 4 heteroatoms. The summed E-state index contributed by atoms with van der Waals surface area (Å²) < 4.78 is 26.1. The summed E-state index contributed by atoms with van der Waals surface area (Å²) in [6, 6.07) is 4.62. The molecule has 0 aliphatic heterocycles. The summed E-state index contributed by atoms with van der Waals surface area (Å²) in [5.41, 5.74) is 6.27. The molecule has 0 unspecified atom stereocenters. The summed E-state index contributed by atoms with van der Waals surface area (Å²) in [5.74, 6) is 0. The van der Waals surface area contributed by atoms with Crippen molar-refractivity contribution in [1.29, 1.82) is 0 Å². The van der Waals surface area contributed by atoms with Crippen LogP contribution < -0.4 is 5.73 Å². The van der Waals surface area contributed by atoms with Crippen molar-refractivity contribution in [3.8, 4) is 0 Å². The molecule has 0 bridgehead atoms. The van der Waals surface area contributed by atoms with Gasteiger partial charge in [-0.15, -0.1) is 0 Å². The molecule has 1 nitrogen and oxygen atoms in total. The highest BCUT2D eigenvalue weighted by atomic mass is 35.5. The first-order chi connectivity index (χ1) is 8.09. The Balaban J connectivity index is 2.51. The normalized spacial score (nSPS) is 18.9. The van der Waals surface area contributed by atoms with E-state index in [9.17, 15) is 8.78 Å². The molecule has 0 aromatic heterocycles. The maximum Gasteiger partial charge on any atom is 0.264 e. The minimum Gasteiger partial charge on any atom is -0.330 e. The number of alkyl halides is 2. The molecule has 0 radical (unpaired) electrons. The fourth-order valence-corrected chi connectivity index (χ4v) is 2.99. The highest BCUT2D eigenvalue weighted by Crippen LogP contribution is 2.44. The van der Waals surface area contributed by atoms with Gasteiger partial charge in [0, 0.05) is 22.5 Å². The van der Waals surface area contributed by atoms with E-state index in [1.165, 1.54) is 12.1 Å². The van der Waals surface area contributed by atoms with E-state index in [0.29, 0.717) is 17.1 Å². The first-order valence-electron chi connectivity index (χ1n) is 5.87. The lowest BCUT2D eigenvalue weighted by atomic mass is 9.77. The number of nitrogens with two attached hydrogens (primary N) is 1. The van der Waals surface area contributed by atoms with Crippen LogP contribution in [0.4, 0.5) is 8.78 Å². The van der Waals surface area contributed by atoms with Crippen LogP contribution in [0.2, 0.25) is 5.02 Å². The highest BCUT2D eigenvalue weighted by Gasteiger charge is 2.37. The smallest absolute Gasteiger partial charge is 0.264 e. The third kappa shape index (κ3) is 2.31. The van der Waals surface area contributed by atoms with Crippen LogP contribution in [0.1, 0.15) is 43.2 Å². The zero-order valence-electron chi connectivity index (χ0n) is 9.56. The van der Waals surface area contributed by atoms with Gasteiger partial charge < -0.3 is 5.73 Å². The van der Waals surface area contributed by atoms with Crippen molar-refractivity contribution in [1.82, 2.24) is 0 Å². The zero-order chi connectivity index (χ0) is 12.5. The van der Waals surface area contributed by atoms with E-state index < -0.39 is 6.43 Å². The highest BCUT2D eigenvalue weighted by molar-refractivity contribution is 6.30.